The Balaban J connectivity index is 2.05. The van der Waals surface area contributed by atoms with Crippen LogP contribution in [0.15, 0.2) is 18.2 Å². The van der Waals surface area contributed by atoms with Crippen LogP contribution in [0, 0.1) is 0 Å². The van der Waals surface area contributed by atoms with Crippen LogP contribution in [0.2, 0.25) is 0 Å². The number of nitrogen functional groups attached to an aromatic ring is 1. The molecule has 5 nitrogen and oxygen atoms in total. The molecule has 0 spiro atoms. The normalized spacial score (nSPS) is 18.5. The van der Waals surface area contributed by atoms with Gasteiger partial charge in [-0.1, -0.05) is 0 Å². The molecule has 0 aliphatic carbocycles. The number of nitrogens with two attached hydrogens (primary N) is 1. The second kappa shape index (κ2) is 5.93. The highest BCUT2D eigenvalue weighted by Crippen LogP contribution is 2.24. The molecule has 19 heavy (non-hydrogen) atoms. The maximum Gasteiger partial charge on any atom is 0.337 e. The van der Waals surface area contributed by atoms with E-state index in [4.69, 9.17) is 10.5 Å². The van der Waals surface area contributed by atoms with Gasteiger partial charge in [0.1, 0.15) is 0 Å². The second-order valence-electron chi connectivity index (χ2n) is 4.93. The Morgan fingerprint density at radius 3 is 3.00 bits per heavy atom. The van der Waals surface area contributed by atoms with Crippen LogP contribution in [0.3, 0.4) is 0 Å². The summed E-state index contributed by atoms with van der Waals surface area (Å²) < 4.78 is 5.57. The number of rotatable bonds is 5. The Kier molecular flexibility index (Phi) is 4.27. The first-order chi connectivity index (χ1) is 9.08. The molecular formula is C14H20N2O3. The SMILES string of the molecule is CN(CCC1CCCO1)c1ccc(N)cc1C(=O)O. The lowest BCUT2D eigenvalue weighted by atomic mass is 10.1. The molecule has 1 aliphatic rings. The molecule has 1 aromatic carbocycles. The third-order valence-electron chi connectivity index (χ3n) is 3.47. The number of hydrogen-bond donors (Lipinski definition) is 2. The summed E-state index contributed by atoms with van der Waals surface area (Å²) in [5, 5.41) is 9.21. The van der Waals surface area contributed by atoms with Gasteiger partial charge in [0.05, 0.1) is 17.4 Å². The molecule has 0 saturated carbocycles. The predicted octanol–water partition coefficient (Wildman–Crippen LogP) is 1.97. The highest BCUT2D eigenvalue weighted by Gasteiger charge is 2.18. The van der Waals surface area contributed by atoms with Crippen LogP contribution in [0.1, 0.15) is 29.6 Å². The van der Waals surface area contributed by atoms with E-state index in [1.807, 2.05) is 11.9 Å². The largest absolute Gasteiger partial charge is 0.478 e. The molecule has 1 aromatic rings. The van der Waals surface area contributed by atoms with E-state index in [0.717, 1.165) is 32.4 Å². The minimum Gasteiger partial charge on any atom is -0.478 e. The van der Waals surface area contributed by atoms with Crippen LogP contribution in [0.4, 0.5) is 11.4 Å². The zero-order valence-corrected chi connectivity index (χ0v) is 11.1. The molecule has 2 rings (SSSR count). The van der Waals surface area contributed by atoms with Gasteiger partial charge in [-0.2, -0.15) is 0 Å². The van der Waals surface area contributed by atoms with Crippen molar-refractivity contribution >= 4 is 17.3 Å². The molecular weight excluding hydrogens is 244 g/mol. The monoisotopic (exact) mass is 264 g/mol. The lowest BCUT2D eigenvalue weighted by Gasteiger charge is -2.23. The average molecular weight is 264 g/mol. The molecule has 0 aromatic heterocycles. The van der Waals surface area contributed by atoms with Crippen molar-refractivity contribution in [2.24, 2.45) is 0 Å². The van der Waals surface area contributed by atoms with Crippen LogP contribution in [0.25, 0.3) is 0 Å². The Labute approximate surface area is 113 Å². The van der Waals surface area contributed by atoms with Crippen LogP contribution in [-0.2, 0) is 4.74 Å². The van der Waals surface area contributed by atoms with Crippen LogP contribution in [0.5, 0.6) is 0 Å². The number of benzene rings is 1. The molecule has 1 heterocycles. The van der Waals surface area contributed by atoms with Crippen LogP contribution < -0.4 is 10.6 Å². The highest BCUT2D eigenvalue weighted by atomic mass is 16.5. The molecule has 1 fully saturated rings. The van der Waals surface area contributed by atoms with E-state index in [0.29, 0.717) is 17.5 Å². The quantitative estimate of drug-likeness (QED) is 0.795. The topological polar surface area (TPSA) is 75.8 Å². The summed E-state index contributed by atoms with van der Waals surface area (Å²) in [7, 11) is 1.90. The molecule has 1 unspecified atom stereocenters. The summed E-state index contributed by atoms with van der Waals surface area (Å²) in [6.07, 6.45) is 3.45. The summed E-state index contributed by atoms with van der Waals surface area (Å²) in [6, 6.07) is 4.98. The van der Waals surface area contributed by atoms with Gasteiger partial charge in [-0.3, -0.25) is 0 Å². The molecule has 1 atom stereocenters. The number of ether oxygens (including phenoxy) is 1. The van der Waals surface area contributed by atoms with E-state index in [2.05, 4.69) is 0 Å². The van der Waals surface area contributed by atoms with Crippen molar-refractivity contribution in [3.63, 3.8) is 0 Å². The Morgan fingerprint density at radius 2 is 2.37 bits per heavy atom. The van der Waals surface area contributed by atoms with Gasteiger partial charge in [0, 0.05) is 25.9 Å². The first kappa shape index (κ1) is 13.7. The number of carbonyl (C=O) groups is 1. The average Bonchev–Trinajstić information content (AvgIpc) is 2.88. The van der Waals surface area contributed by atoms with Gasteiger partial charge in [-0.05, 0) is 37.5 Å². The van der Waals surface area contributed by atoms with Crippen molar-refractivity contribution in [2.75, 3.05) is 30.8 Å². The van der Waals surface area contributed by atoms with E-state index in [1.165, 1.54) is 6.07 Å². The summed E-state index contributed by atoms with van der Waals surface area (Å²) in [5.74, 6) is -0.953. The van der Waals surface area contributed by atoms with Gasteiger partial charge in [0.2, 0.25) is 0 Å². The van der Waals surface area contributed by atoms with Crippen LogP contribution in [-0.4, -0.2) is 37.4 Å². The van der Waals surface area contributed by atoms with E-state index in [1.54, 1.807) is 12.1 Å². The molecule has 0 amide bonds. The van der Waals surface area contributed by atoms with Gasteiger partial charge in [-0.25, -0.2) is 4.79 Å². The minimum absolute atomic E-state index is 0.245. The Hall–Kier alpha value is -1.75. The molecule has 1 aliphatic heterocycles. The smallest absolute Gasteiger partial charge is 0.337 e. The van der Waals surface area contributed by atoms with Gasteiger partial charge in [-0.15, -0.1) is 0 Å². The van der Waals surface area contributed by atoms with Gasteiger partial charge < -0.3 is 20.5 Å². The molecule has 3 N–H and O–H groups in total. The Morgan fingerprint density at radius 1 is 1.58 bits per heavy atom. The third kappa shape index (κ3) is 3.38. The van der Waals surface area contributed by atoms with Gasteiger partial charge >= 0.3 is 5.97 Å². The van der Waals surface area contributed by atoms with Gasteiger partial charge in [0.15, 0.2) is 0 Å². The molecule has 5 heteroatoms. The number of aromatic carboxylic acids is 1. The first-order valence-electron chi connectivity index (χ1n) is 6.53. The van der Waals surface area contributed by atoms with Crippen molar-refractivity contribution in [3.05, 3.63) is 23.8 Å². The van der Waals surface area contributed by atoms with E-state index in [-0.39, 0.29) is 5.56 Å². The molecule has 1 saturated heterocycles. The lowest BCUT2D eigenvalue weighted by molar-refractivity contribution is 0.0697. The number of anilines is 2. The van der Waals surface area contributed by atoms with Crippen molar-refractivity contribution in [2.45, 2.75) is 25.4 Å². The number of carboxylic acids is 1. The summed E-state index contributed by atoms with van der Waals surface area (Å²) in [5.41, 5.74) is 7.04. The van der Waals surface area contributed by atoms with Crippen molar-refractivity contribution in [1.29, 1.82) is 0 Å². The molecule has 0 radical (unpaired) electrons. The predicted molar refractivity (Wildman–Crippen MR) is 74.7 cm³/mol. The van der Waals surface area contributed by atoms with E-state index >= 15 is 0 Å². The van der Waals surface area contributed by atoms with Crippen molar-refractivity contribution < 1.29 is 14.6 Å². The molecule has 0 bridgehead atoms. The number of nitrogens with zero attached hydrogens (tertiary/aromatic N) is 1. The minimum atomic E-state index is -0.953. The maximum atomic E-state index is 11.2. The first-order valence-corrected chi connectivity index (χ1v) is 6.53. The fourth-order valence-electron chi connectivity index (χ4n) is 2.39. The fraction of sp³-hybridized carbons (Fsp3) is 0.500. The zero-order chi connectivity index (χ0) is 13.8. The Bertz CT molecular complexity index is 456. The fourth-order valence-corrected chi connectivity index (χ4v) is 2.39. The summed E-state index contributed by atoms with van der Waals surface area (Å²) in [4.78, 5) is 13.2. The zero-order valence-electron chi connectivity index (χ0n) is 11.1. The van der Waals surface area contributed by atoms with Crippen molar-refractivity contribution in [1.82, 2.24) is 0 Å². The van der Waals surface area contributed by atoms with E-state index in [9.17, 15) is 9.90 Å². The lowest BCUT2D eigenvalue weighted by Crippen LogP contribution is -2.24. The second-order valence-corrected chi connectivity index (χ2v) is 4.93. The van der Waals surface area contributed by atoms with Gasteiger partial charge in [0.25, 0.3) is 0 Å². The summed E-state index contributed by atoms with van der Waals surface area (Å²) >= 11 is 0. The van der Waals surface area contributed by atoms with Crippen molar-refractivity contribution in [3.8, 4) is 0 Å². The highest BCUT2D eigenvalue weighted by molar-refractivity contribution is 5.95. The number of hydrogen-bond acceptors (Lipinski definition) is 4. The third-order valence-corrected chi connectivity index (χ3v) is 3.47. The maximum absolute atomic E-state index is 11.2. The standard InChI is InChI=1S/C14H20N2O3/c1-16(7-6-11-3-2-8-19-11)13-5-4-10(15)9-12(13)14(17)18/h4-5,9,11H,2-3,6-8,15H2,1H3,(H,17,18). The van der Waals surface area contributed by atoms with Crippen LogP contribution >= 0.6 is 0 Å². The summed E-state index contributed by atoms with van der Waals surface area (Å²) in [6.45, 7) is 1.62. The van der Waals surface area contributed by atoms with E-state index < -0.39 is 5.97 Å². The number of carboxylic acid groups (broad SMARTS) is 1. The molecule has 104 valence electrons.